The number of aromatic nitrogens is 2. The van der Waals surface area contributed by atoms with Gasteiger partial charge in [0, 0.05) is 6.54 Å². The van der Waals surface area contributed by atoms with E-state index in [1.54, 1.807) is 51.1 Å². The molecule has 8 nitrogen and oxygen atoms in total. The number of aryl methyl sites for hydroxylation is 1. The van der Waals surface area contributed by atoms with Crippen LogP contribution in [0.1, 0.15) is 29.1 Å². The minimum absolute atomic E-state index is 0.205. The molecule has 0 fully saturated rings. The van der Waals surface area contributed by atoms with E-state index in [4.69, 9.17) is 4.74 Å². The fraction of sp³-hybridized carbons (Fsp3) is 0.300. The molecular formula is C20H21N3O5S. The minimum atomic E-state index is -0.541. The van der Waals surface area contributed by atoms with Crippen molar-refractivity contribution in [2.24, 2.45) is 0 Å². The van der Waals surface area contributed by atoms with E-state index in [0.29, 0.717) is 26.3 Å². The van der Waals surface area contributed by atoms with Crippen LogP contribution in [0.15, 0.2) is 39.9 Å². The van der Waals surface area contributed by atoms with Crippen molar-refractivity contribution in [2.45, 2.75) is 33.9 Å². The first-order valence-corrected chi connectivity index (χ1v) is 9.98. The minimum Gasteiger partial charge on any atom is -0.462 e. The number of hydrogen-bond acceptors (Lipinski definition) is 6. The van der Waals surface area contributed by atoms with E-state index in [1.165, 1.54) is 4.57 Å². The molecule has 1 aromatic carbocycles. The smallest absolute Gasteiger partial charge is 0.348 e. The summed E-state index contributed by atoms with van der Waals surface area (Å²) in [5, 5.41) is 3.57. The van der Waals surface area contributed by atoms with Crippen molar-refractivity contribution < 1.29 is 14.3 Å². The Morgan fingerprint density at radius 1 is 1.14 bits per heavy atom. The van der Waals surface area contributed by atoms with Crippen LogP contribution in [0.25, 0.3) is 10.9 Å². The molecule has 0 spiro atoms. The third-order valence-corrected chi connectivity index (χ3v) is 5.52. The fourth-order valence-corrected chi connectivity index (χ4v) is 4.05. The van der Waals surface area contributed by atoms with Crippen LogP contribution in [-0.2, 0) is 22.6 Å². The Bertz CT molecular complexity index is 1210. The molecule has 0 unspecified atom stereocenters. The molecule has 1 amide bonds. The van der Waals surface area contributed by atoms with Crippen molar-refractivity contribution in [3.05, 3.63) is 61.6 Å². The Balaban J connectivity index is 1.92. The fourth-order valence-electron chi connectivity index (χ4n) is 3.07. The number of esters is 1. The van der Waals surface area contributed by atoms with Crippen LogP contribution in [0.3, 0.4) is 0 Å². The molecule has 0 aliphatic rings. The first-order chi connectivity index (χ1) is 13.9. The van der Waals surface area contributed by atoms with Crippen LogP contribution >= 0.6 is 11.3 Å². The topological polar surface area (TPSA) is 99.4 Å². The highest BCUT2D eigenvalue weighted by Crippen LogP contribution is 2.27. The second-order valence-corrected chi connectivity index (χ2v) is 7.38. The summed E-state index contributed by atoms with van der Waals surface area (Å²) in [6, 6.07) is 8.37. The maximum atomic E-state index is 12.7. The Hall–Kier alpha value is -3.20. The number of nitrogens with zero attached hydrogens (tertiary/aromatic N) is 2. The lowest BCUT2D eigenvalue weighted by Gasteiger charge is -2.12. The quantitative estimate of drug-likeness (QED) is 0.623. The zero-order valence-electron chi connectivity index (χ0n) is 16.4. The molecule has 29 heavy (non-hydrogen) atoms. The SMILES string of the molecule is CCOC(=O)c1sc(NC(=O)Cn2c(=O)n(CC)c(=O)c3ccccc32)cc1C. The summed E-state index contributed by atoms with van der Waals surface area (Å²) in [7, 11) is 0. The molecular weight excluding hydrogens is 394 g/mol. The third-order valence-electron chi connectivity index (χ3n) is 4.39. The van der Waals surface area contributed by atoms with Crippen LogP contribution < -0.4 is 16.6 Å². The van der Waals surface area contributed by atoms with Gasteiger partial charge < -0.3 is 10.1 Å². The van der Waals surface area contributed by atoms with Gasteiger partial charge in [-0.1, -0.05) is 12.1 Å². The molecule has 0 bridgehead atoms. The molecule has 2 aromatic heterocycles. The van der Waals surface area contributed by atoms with Gasteiger partial charge in [-0.05, 0) is 44.5 Å². The first-order valence-electron chi connectivity index (χ1n) is 9.17. The molecule has 3 aromatic rings. The van der Waals surface area contributed by atoms with E-state index >= 15 is 0 Å². The zero-order chi connectivity index (χ0) is 21.1. The number of carbonyl (C=O) groups excluding carboxylic acids is 2. The average Bonchev–Trinajstić information content (AvgIpc) is 3.06. The maximum absolute atomic E-state index is 12.7. The molecule has 0 saturated carbocycles. The van der Waals surface area contributed by atoms with E-state index in [1.807, 2.05) is 0 Å². The van der Waals surface area contributed by atoms with Gasteiger partial charge in [0.2, 0.25) is 5.91 Å². The number of ether oxygens (including phenoxy) is 1. The highest BCUT2D eigenvalue weighted by molar-refractivity contribution is 7.18. The van der Waals surface area contributed by atoms with Gasteiger partial charge in [0.1, 0.15) is 11.4 Å². The van der Waals surface area contributed by atoms with Gasteiger partial charge >= 0.3 is 11.7 Å². The second kappa shape index (κ2) is 8.44. The number of para-hydroxylation sites is 1. The Morgan fingerprint density at radius 2 is 1.86 bits per heavy atom. The van der Waals surface area contributed by atoms with Crippen LogP contribution in [0.4, 0.5) is 5.00 Å². The summed E-state index contributed by atoms with van der Waals surface area (Å²) in [5.74, 6) is -0.872. The van der Waals surface area contributed by atoms with Crippen LogP contribution in [0, 0.1) is 6.92 Å². The summed E-state index contributed by atoms with van der Waals surface area (Å²) in [6.45, 7) is 5.39. The predicted molar refractivity (Wildman–Crippen MR) is 112 cm³/mol. The summed E-state index contributed by atoms with van der Waals surface area (Å²) in [5.41, 5.74) is 0.182. The molecule has 0 atom stereocenters. The van der Waals surface area contributed by atoms with Crippen molar-refractivity contribution in [3.8, 4) is 0 Å². The number of amides is 1. The van der Waals surface area contributed by atoms with Gasteiger partial charge in [0.05, 0.1) is 22.5 Å². The van der Waals surface area contributed by atoms with Crippen LogP contribution in [0.5, 0.6) is 0 Å². The number of rotatable bonds is 6. The molecule has 1 N–H and O–H groups in total. The summed E-state index contributed by atoms with van der Waals surface area (Å²) in [6.07, 6.45) is 0. The Labute approximate surface area is 170 Å². The Morgan fingerprint density at radius 3 is 2.55 bits per heavy atom. The number of carbonyl (C=O) groups is 2. The Kier molecular flexibility index (Phi) is 5.97. The summed E-state index contributed by atoms with van der Waals surface area (Å²) < 4.78 is 7.39. The van der Waals surface area contributed by atoms with E-state index in [0.717, 1.165) is 15.9 Å². The number of fused-ring (bicyclic) bond motifs is 1. The number of thiophene rings is 1. The molecule has 152 valence electrons. The standard InChI is InChI=1S/C20H21N3O5S/c1-4-22-18(25)13-8-6-7-9-14(13)23(20(22)27)11-15(24)21-16-10-12(3)17(29-16)19(26)28-5-2/h6-10H,4-5,11H2,1-3H3,(H,21,24). The number of nitrogens with one attached hydrogen (secondary N) is 1. The van der Waals surface area contributed by atoms with Crippen molar-refractivity contribution in [3.63, 3.8) is 0 Å². The predicted octanol–water partition coefficient (Wildman–Crippen LogP) is 2.37. The van der Waals surface area contributed by atoms with Gasteiger partial charge in [0.25, 0.3) is 5.56 Å². The van der Waals surface area contributed by atoms with Crippen LogP contribution in [-0.4, -0.2) is 27.6 Å². The van der Waals surface area contributed by atoms with Gasteiger partial charge in [-0.2, -0.15) is 0 Å². The molecule has 3 rings (SSSR count). The van der Waals surface area contributed by atoms with Gasteiger partial charge in [-0.25, -0.2) is 9.59 Å². The highest BCUT2D eigenvalue weighted by Gasteiger charge is 2.18. The van der Waals surface area contributed by atoms with Gasteiger partial charge in [-0.3, -0.25) is 18.7 Å². The monoisotopic (exact) mass is 415 g/mol. The largest absolute Gasteiger partial charge is 0.462 e. The van der Waals surface area contributed by atoms with Gasteiger partial charge in [0.15, 0.2) is 0 Å². The normalized spacial score (nSPS) is 10.9. The lowest BCUT2D eigenvalue weighted by atomic mass is 10.2. The maximum Gasteiger partial charge on any atom is 0.348 e. The number of hydrogen-bond donors (Lipinski definition) is 1. The number of anilines is 1. The summed E-state index contributed by atoms with van der Waals surface area (Å²) >= 11 is 1.12. The third kappa shape index (κ3) is 4.00. The van der Waals surface area contributed by atoms with E-state index in [2.05, 4.69) is 5.32 Å². The lowest BCUT2D eigenvalue weighted by molar-refractivity contribution is -0.116. The molecule has 0 aliphatic carbocycles. The molecule has 0 aliphatic heterocycles. The molecule has 0 radical (unpaired) electrons. The first kappa shape index (κ1) is 20.5. The van der Waals surface area contributed by atoms with Crippen LogP contribution in [0.2, 0.25) is 0 Å². The van der Waals surface area contributed by atoms with Crippen molar-refractivity contribution in [1.82, 2.24) is 9.13 Å². The van der Waals surface area contributed by atoms with E-state index in [9.17, 15) is 19.2 Å². The van der Waals surface area contributed by atoms with Crippen molar-refractivity contribution in [1.29, 1.82) is 0 Å². The lowest BCUT2D eigenvalue weighted by Crippen LogP contribution is -2.41. The average molecular weight is 415 g/mol. The summed E-state index contributed by atoms with van der Waals surface area (Å²) in [4.78, 5) is 50.2. The molecule has 2 heterocycles. The van der Waals surface area contributed by atoms with Gasteiger partial charge in [-0.15, -0.1) is 11.3 Å². The molecule has 9 heteroatoms. The number of benzene rings is 1. The highest BCUT2D eigenvalue weighted by atomic mass is 32.1. The zero-order valence-corrected chi connectivity index (χ0v) is 17.2. The van der Waals surface area contributed by atoms with Crippen molar-refractivity contribution >= 4 is 39.1 Å². The van der Waals surface area contributed by atoms with E-state index < -0.39 is 17.6 Å². The second-order valence-electron chi connectivity index (χ2n) is 6.33. The van der Waals surface area contributed by atoms with E-state index in [-0.39, 0.29) is 25.3 Å². The van der Waals surface area contributed by atoms with Crippen molar-refractivity contribution in [2.75, 3.05) is 11.9 Å². The molecule has 0 saturated heterocycles.